The summed E-state index contributed by atoms with van der Waals surface area (Å²) in [5.41, 5.74) is 14.7. The van der Waals surface area contributed by atoms with Crippen molar-refractivity contribution >= 4 is 141 Å². The van der Waals surface area contributed by atoms with E-state index in [0.29, 0.717) is 220 Å². The molecule has 6 aromatic heterocycles. The lowest BCUT2D eigenvalue weighted by Gasteiger charge is -2.29. The Hall–Kier alpha value is -15.7. The standard InChI is InChI=1S/C19H22ClN5O2.C18H20ClN5O3.C17H19ClN4O2.C17H19N3O4.C16H18ClN5O3.C16H17N3O4/c20-13-5-4-6-14(11-13)21-19(27)25-10-7-16-15(12-25)17(23-22-16)18(26)24-8-2-1-3-9-24;19-12-2-1-3-13(10-12)20-18(26)24-5-4-15-14(11-24)16(22-21-15)17(25)23-6-8-27-9-7-23;1-2-4-15(23)16-13-10-22(8-7-14(13)20-21-16)17(24)19-12-6-3-5-11(18)9-12;1-2-23-17(22)16-13-10-20(9-8-14(13)18-19-16)15(21)11-24-12-6-4-3-5-7-12;1-21(25-2)15(23)14-12-9-22(7-6-13(12)19-20-14)16(24)18-11-5-3-4-10(17)8-11;1-22-16(21)15-12-9-19(8-7-13(12)17-18-15)14(20)10-23-11-5-3-2-4-6-11/h4-6,11H,1-3,7-10,12H2,(H,21,27)(H,22,23);1-3,10H,4-9,11H2,(H,20,26)(H,21,22);3,5-6,9H,2,4,7-8,10H2,1H3,(H,19,24)(H,20,21);3-7H,2,8-11H2,1H3,(H,18,19);3-5,8H,6-7,9H2,1-2H3,(H,18,24)(H,19,20);2-6H,7-10H2,1H3,(H,17,18). The number of esters is 2. The minimum Gasteiger partial charge on any atom is -0.484 e. The Balaban J connectivity index is 0.000000135. The maximum absolute atomic E-state index is 12.8. The van der Waals surface area contributed by atoms with E-state index in [1.165, 1.54) is 27.7 Å². The van der Waals surface area contributed by atoms with E-state index in [9.17, 15) is 57.5 Å². The average molecular weight is 2130 g/mol. The van der Waals surface area contributed by atoms with Gasteiger partial charge in [0, 0.05) is 228 Å². The minimum atomic E-state index is -0.502. The summed E-state index contributed by atoms with van der Waals surface area (Å²) in [4.78, 5) is 167. The van der Waals surface area contributed by atoms with E-state index in [2.05, 4.69) is 82.5 Å². The van der Waals surface area contributed by atoms with E-state index in [4.69, 9.17) is 74.9 Å². The second-order valence-corrected chi connectivity index (χ2v) is 37.3. The number of rotatable bonds is 20. The van der Waals surface area contributed by atoms with Crippen molar-refractivity contribution in [1.29, 1.82) is 0 Å². The number of carbonyl (C=O) groups excluding carboxylic acids is 12. The molecule has 6 aromatic carbocycles. The molecule has 13 amide bonds. The molecule has 12 aromatic rings. The molecule has 0 bridgehead atoms. The maximum atomic E-state index is 12.8. The third-order valence-corrected chi connectivity index (χ3v) is 26.6. The molecule has 8 aliphatic rings. The molecule has 788 valence electrons. The topological polar surface area (TPSA) is 510 Å². The molecule has 10 N–H and O–H groups in total. The van der Waals surface area contributed by atoms with Crippen LogP contribution in [0.4, 0.5) is 41.9 Å². The smallest absolute Gasteiger partial charge is 0.359 e. The van der Waals surface area contributed by atoms with E-state index in [1.54, 1.807) is 163 Å². The highest BCUT2D eigenvalue weighted by Gasteiger charge is 2.38. The summed E-state index contributed by atoms with van der Waals surface area (Å²) in [5, 5.41) is 56.9. The molecule has 2 fully saturated rings. The Kier molecular flexibility index (Phi) is 37.8. The average Bonchev–Trinajstić information content (AvgIpc) is 1.65. The highest BCUT2D eigenvalue weighted by molar-refractivity contribution is 6.32. The van der Waals surface area contributed by atoms with Crippen molar-refractivity contribution in [3.05, 3.63) is 280 Å². The largest absolute Gasteiger partial charge is 0.484 e. The first kappa shape index (κ1) is 109. The van der Waals surface area contributed by atoms with Gasteiger partial charge in [-0.15, -0.1) is 0 Å². The van der Waals surface area contributed by atoms with Crippen LogP contribution in [0.15, 0.2) is 158 Å². The Bertz CT molecular complexity index is 6660. The number of piperidine rings is 1. The van der Waals surface area contributed by atoms with Gasteiger partial charge in [-0.05, 0) is 130 Å². The number of nitrogens with one attached hydrogen (secondary N) is 10. The molecule has 47 heteroatoms. The molecule has 43 nitrogen and oxygen atoms in total. The van der Waals surface area contributed by atoms with Crippen LogP contribution in [0.2, 0.25) is 20.1 Å². The van der Waals surface area contributed by atoms with Crippen molar-refractivity contribution in [2.45, 2.75) is 124 Å². The van der Waals surface area contributed by atoms with Gasteiger partial charge in [0.25, 0.3) is 29.5 Å². The number of halogens is 4. The summed E-state index contributed by atoms with van der Waals surface area (Å²) in [6.45, 7) is 13.0. The zero-order valence-corrected chi connectivity index (χ0v) is 86.2. The number of H-pyrrole nitrogens is 6. The van der Waals surface area contributed by atoms with Crippen LogP contribution < -0.4 is 30.7 Å². The SMILES string of the molecule is CCCC(=O)c1n[nH]c2c1CN(C(=O)Nc1cccc(Cl)c1)CC2.CCOC(=O)c1n[nH]c2c1CN(C(=O)COc1ccccc1)CC2.COC(=O)c1n[nH]c2c1CN(C(=O)COc1ccccc1)CC2.CON(C)C(=O)c1n[nH]c2c1CN(C(=O)Nc1cccc(Cl)c1)CC2.O=C(Nc1cccc(Cl)c1)N1CCc2[nH]nc(C(=O)N3CCCCC3)c2C1.O=C(Nc1cccc(Cl)c1)N1CCc2[nH]nc(C(=O)N3CCOCC3)c2C1. The molecule has 20 rings (SSSR count). The Morgan fingerprint density at radius 3 is 1.02 bits per heavy atom. The quantitative estimate of drug-likeness (QED) is 0.0192. The third-order valence-electron chi connectivity index (χ3n) is 25.7. The van der Waals surface area contributed by atoms with Crippen LogP contribution >= 0.6 is 46.4 Å². The molecule has 14 heterocycles. The van der Waals surface area contributed by atoms with Gasteiger partial charge >= 0.3 is 36.1 Å². The van der Waals surface area contributed by atoms with Gasteiger partial charge in [0.15, 0.2) is 47.5 Å². The van der Waals surface area contributed by atoms with Gasteiger partial charge in [-0.2, -0.15) is 30.6 Å². The second-order valence-electron chi connectivity index (χ2n) is 35.6. The number of aromatic amines is 6. The lowest BCUT2D eigenvalue weighted by Crippen LogP contribution is -2.42. The van der Waals surface area contributed by atoms with Crippen LogP contribution in [0.3, 0.4) is 0 Å². The number of hydrogen-bond donors (Lipinski definition) is 10. The number of fused-ring (bicyclic) bond motifs is 6. The summed E-state index contributed by atoms with van der Waals surface area (Å²) >= 11 is 23.8. The van der Waals surface area contributed by atoms with E-state index in [0.717, 1.165) is 99.4 Å². The van der Waals surface area contributed by atoms with Gasteiger partial charge in [-0.3, -0.25) is 64.2 Å². The summed E-state index contributed by atoms with van der Waals surface area (Å²) < 4.78 is 26.0. The number of hydroxylamine groups is 2. The fraction of sp³-hybridized carbons (Fsp3) is 0.359. The highest BCUT2D eigenvalue weighted by Crippen LogP contribution is 2.32. The van der Waals surface area contributed by atoms with Crippen LogP contribution in [0, 0.1) is 0 Å². The number of anilines is 4. The number of benzene rings is 6. The zero-order valence-electron chi connectivity index (χ0n) is 83.2. The molecular formula is C103H115Cl4N25O18. The zero-order chi connectivity index (χ0) is 106. The van der Waals surface area contributed by atoms with Gasteiger partial charge in [0.2, 0.25) is 0 Å². The van der Waals surface area contributed by atoms with Crippen LogP contribution in [0.1, 0.15) is 176 Å². The van der Waals surface area contributed by atoms with Crippen molar-refractivity contribution in [2.24, 2.45) is 0 Å². The Morgan fingerprint density at radius 1 is 0.360 bits per heavy atom. The van der Waals surface area contributed by atoms with Crippen LogP contribution in [0.25, 0.3) is 0 Å². The molecule has 0 unspecified atom stereocenters. The summed E-state index contributed by atoms with van der Waals surface area (Å²) in [6, 6.07) is 45.5. The van der Waals surface area contributed by atoms with Gasteiger partial charge in [-0.1, -0.05) is 114 Å². The van der Waals surface area contributed by atoms with Crippen molar-refractivity contribution in [3.63, 3.8) is 0 Å². The lowest BCUT2D eigenvalue weighted by molar-refractivity contribution is -0.135. The lowest BCUT2D eigenvalue weighted by atomic mass is 10.0. The monoisotopic (exact) mass is 2130 g/mol. The summed E-state index contributed by atoms with van der Waals surface area (Å²) in [5.74, 6) is -0.420. The predicted molar refractivity (Wildman–Crippen MR) is 554 cm³/mol. The number of ketones is 1. The number of morpholine rings is 1. The number of ether oxygens (including phenoxy) is 5. The van der Waals surface area contributed by atoms with Crippen LogP contribution in [-0.2, 0) is 106 Å². The highest BCUT2D eigenvalue weighted by atomic mass is 35.5. The Labute approximate surface area is 882 Å². The number of aromatic nitrogens is 12. The normalized spacial score (nSPS) is 14.6. The number of carbonyl (C=O) groups is 12. The Morgan fingerprint density at radius 2 is 0.673 bits per heavy atom. The maximum Gasteiger partial charge on any atom is 0.359 e. The molecule has 0 atom stereocenters. The van der Waals surface area contributed by atoms with Crippen molar-refractivity contribution in [3.8, 4) is 11.5 Å². The fourth-order valence-electron chi connectivity index (χ4n) is 17.6. The number of likely N-dealkylation sites (tertiary alicyclic amines) is 1. The number of urea groups is 4. The van der Waals surface area contributed by atoms with Crippen molar-refractivity contribution in [2.75, 3.05) is 141 Å². The molecule has 8 aliphatic heterocycles. The van der Waals surface area contributed by atoms with Crippen LogP contribution in [0.5, 0.6) is 11.5 Å². The molecule has 0 saturated carbocycles. The number of Topliss-reactive ketones (excluding diaryl/α,β-unsaturated/α-hetero) is 1. The number of amides is 13. The van der Waals surface area contributed by atoms with Gasteiger partial charge < -0.3 is 84.2 Å². The molecule has 150 heavy (non-hydrogen) atoms. The number of hydrogen-bond acceptors (Lipinski definition) is 24. The van der Waals surface area contributed by atoms with Gasteiger partial charge in [0.1, 0.15) is 17.2 Å². The second kappa shape index (κ2) is 52.3. The molecule has 0 radical (unpaired) electrons. The number of methoxy groups -OCH3 is 1. The predicted octanol–water partition coefficient (Wildman–Crippen LogP) is 14.0. The van der Waals surface area contributed by atoms with E-state index in [-0.39, 0.29) is 103 Å². The molecule has 0 spiro atoms. The van der Waals surface area contributed by atoms with Gasteiger partial charge in [0.05, 0.1) is 73.3 Å². The first-order valence-corrected chi connectivity index (χ1v) is 50.5. The minimum absolute atomic E-state index is 0.0205. The summed E-state index contributed by atoms with van der Waals surface area (Å²) in [7, 11) is 4.22. The van der Waals surface area contributed by atoms with Crippen molar-refractivity contribution < 1.29 is 86.1 Å². The molecule has 0 aliphatic carbocycles. The third kappa shape index (κ3) is 28.2. The molecule has 2 saturated heterocycles. The first-order valence-electron chi connectivity index (χ1n) is 49.0. The first-order chi connectivity index (χ1) is 72.7. The van der Waals surface area contributed by atoms with Crippen molar-refractivity contribution in [1.82, 2.24) is 105 Å². The van der Waals surface area contributed by atoms with Crippen LogP contribution in [-0.4, -0.2) is 297 Å². The molecular weight excluding hydrogens is 2020 g/mol. The van der Waals surface area contributed by atoms with Gasteiger partial charge in [-0.25, -0.2) is 33.8 Å². The van der Waals surface area contributed by atoms with E-state index < -0.39 is 11.9 Å². The number of para-hydroxylation sites is 2. The fourth-order valence-corrected chi connectivity index (χ4v) is 18.4. The summed E-state index contributed by atoms with van der Waals surface area (Å²) in [6.07, 6.45) is 8.25. The van der Waals surface area contributed by atoms with E-state index in [1.807, 2.05) is 48.2 Å². The van der Waals surface area contributed by atoms with E-state index >= 15 is 0 Å². The number of nitrogens with zero attached hydrogens (tertiary/aromatic N) is 15.